The zero-order valence-electron chi connectivity index (χ0n) is 31.4. The van der Waals surface area contributed by atoms with E-state index in [1.807, 2.05) is 0 Å². The maximum absolute atomic E-state index is 14.0. The first-order valence-electron chi connectivity index (χ1n) is 17.4. The van der Waals surface area contributed by atoms with Gasteiger partial charge in [0, 0.05) is 36.2 Å². The lowest BCUT2D eigenvalue weighted by Crippen LogP contribution is -2.49. The fourth-order valence-electron chi connectivity index (χ4n) is 6.14. The highest BCUT2D eigenvalue weighted by Crippen LogP contribution is 2.43. The summed E-state index contributed by atoms with van der Waals surface area (Å²) in [6.07, 6.45) is -1.09. The maximum Gasteiger partial charge on any atom is 0.408 e. The van der Waals surface area contributed by atoms with Gasteiger partial charge in [-0.3, -0.25) is 19.7 Å². The van der Waals surface area contributed by atoms with Gasteiger partial charge in [-0.1, -0.05) is 24.3 Å². The number of nitro benzene ring substituents is 1. The van der Waals surface area contributed by atoms with Gasteiger partial charge in [0.2, 0.25) is 17.6 Å². The van der Waals surface area contributed by atoms with Crippen molar-refractivity contribution in [3.05, 3.63) is 105 Å². The smallest absolute Gasteiger partial charge is 0.408 e. The second kappa shape index (κ2) is 17.2. The summed E-state index contributed by atoms with van der Waals surface area (Å²) in [5, 5.41) is 31.1. The van der Waals surface area contributed by atoms with E-state index in [1.54, 1.807) is 81.4 Å². The predicted octanol–water partition coefficient (Wildman–Crippen LogP) is 5.54. The Morgan fingerprint density at radius 2 is 1.73 bits per heavy atom. The van der Waals surface area contributed by atoms with Gasteiger partial charge in [-0.05, 0) is 79.4 Å². The quantitative estimate of drug-likeness (QED) is 0.142. The summed E-state index contributed by atoms with van der Waals surface area (Å²) in [6.45, 7) is 4.50. The number of hydrogen-bond donors (Lipinski definition) is 4. The van der Waals surface area contributed by atoms with Crippen LogP contribution in [0.2, 0.25) is 0 Å². The molecule has 2 aliphatic heterocycles. The van der Waals surface area contributed by atoms with Crippen molar-refractivity contribution in [3.8, 4) is 39.9 Å². The van der Waals surface area contributed by atoms with Crippen LogP contribution in [-0.4, -0.2) is 67.5 Å². The Hall–Kier alpha value is -6.35. The molecule has 15 heteroatoms. The fraction of sp³-hybridized carbons (Fsp3) is 0.325. The molecule has 2 heterocycles. The molecule has 0 saturated heterocycles. The van der Waals surface area contributed by atoms with Crippen LogP contribution in [0.15, 0.2) is 72.8 Å². The van der Waals surface area contributed by atoms with E-state index in [0.29, 0.717) is 50.6 Å². The van der Waals surface area contributed by atoms with Gasteiger partial charge < -0.3 is 44.7 Å². The Morgan fingerprint density at radius 1 is 0.964 bits per heavy atom. The molecule has 2 atom stereocenters. The van der Waals surface area contributed by atoms with Gasteiger partial charge in [0.05, 0.1) is 45.3 Å². The molecule has 0 radical (unpaired) electrons. The van der Waals surface area contributed by atoms with E-state index in [4.69, 9.17) is 23.7 Å². The highest BCUT2D eigenvalue weighted by atomic mass is 16.6. The molecule has 3 amide bonds. The molecular weight excluding hydrogens is 712 g/mol. The van der Waals surface area contributed by atoms with E-state index >= 15 is 0 Å². The Balaban J connectivity index is 1.66. The topological polar surface area (TPSA) is 197 Å². The summed E-state index contributed by atoms with van der Waals surface area (Å²) < 4.78 is 28.5. The summed E-state index contributed by atoms with van der Waals surface area (Å²) in [6, 6.07) is 17.3. The van der Waals surface area contributed by atoms with Crippen molar-refractivity contribution < 1.29 is 48.1 Å². The summed E-state index contributed by atoms with van der Waals surface area (Å²) in [4.78, 5) is 52.0. The van der Waals surface area contributed by atoms with E-state index in [-0.39, 0.29) is 36.6 Å². The van der Waals surface area contributed by atoms with Crippen LogP contribution in [0.4, 0.5) is 10.5 Å². The van der Waals surface area contributed by atoms with Gasteiger partial charge >= 0.3 is 11.8 Å². The third-order valence-corrected chi connectivity index (χ3v) is 8.64. The molecule has 0 saturated carbocycles. The van der Waals surface area contributed by atoms with Crippen molar-refractivity contribution in [2.24, 2.45) is 0 Å². The van der Waals surface area contributed by atoms with E-state index in [9.17, 15) is 29.6 Å². The van der Waals surface area contributed by atoms with Crippen LogP contribution in [0.3, 0.4) is 0 Å². The van der Waals surface area contributed by atoms with E-state index in [0.717, 1.165) is 0 Å². The van der Waals surface area contributed by atoms with Crippen LogP contribution >= 0.6 is 0 Å². The average molecular weight is 757 g/mol. The van der Waals surface area contributed by atoms with Crippen molar-refractivity contribution in [2.75, 3.05) is 27.9 Å². The molecule has 0 spiro atoms. The number of alkyl carbamates (subject to hydrolysis) is 1. The minimum atomic E-state index is -1.24. The maximum atomic E-state index is 14.0. The number of aliphatic hydroxyl groups excluding tert-OH is 1. The summed E-state index contributed by atoms with van der Waals surface area (Å²) in [7, 11) is 4.46. The third-order valence-electron chi connectivity index (χ3n) is 8.64. The average Bonchev–Trinajstić information content (AvgIpc) is 3.14. The first-order valence-corrected chi connectivity index (χ1v) is 17.4. The molecule has 6 bridgehead atoms. The van der Waals surface area contributed by atoms with Crippen molar-refractivity contribution in [3.63, 3.8) is 0 Å². The molecule has 0 unspecified atom stereocenters. The molecular formula is C40H44N4O11. The minimum absolute atomic E-state index is 0.0752. The lowest BCUT2D eigenvalue weighted by atomic mass is 9.93. The van der Waals surface area contributed by atoms with Gasteiger partial charge in [0.25, 0.3) is 0 Å². The molecule has 0 aliphatic carbocycles. The highest BCUT2D eigenvalue weighted by molar-refractivity contribution is 5.87. The number of amides is 3. The Labute approximate surface area is 318 Å². The first-order chi connectivity index (χ1) is 26.2. The number of nitrogens with zero attached hydrogens (tertiary/aromatic N) is 1. The van der Waals surface area contributed by atoms with Crippen LogP contribution < -0.4 is 34.9 Å². The SMILES string of the molecule is COc1cc2c(c(OC)c1)-c1cc(ccc1OC)[C@H](CO)NC(=O)Cc1cccc(c1)Oc1ccc(cc1[N+](=O)[O-])C[C@@H](NC(=O)OC(C)(C)C)C(=O)NC2. The van der Waals surface area contributed by atoms with Crippen molar-refractivity contribution >= 4 is 23.6 Å². The Kier molecular flexibility index (Phi) is 12.5. The van der Waals surface area contributed by atoms with Gasteiger partial charge in [-0.15, -0.1) is 0 Å². The second-order valence-corrected chi connectivity index (χ2v) is 13.7. The summed E-state index contributed by atoms with van der Waals surface area (Å²) in [5.74, 6) is 0.377. The number of carbonyl (C=O) groups excluding carboxylic acids is 3. The van der Waals surface area contributed by atoms with Crippen molar-refractivity contribution in [1.82, 2.24) is 16.0 Å². The number of nitro groups is 1. The number of ether oxygens (including phenoxy) is 5. The normalized spacial score (nSPS) is 16.1. The number of fused-ring (bicyclic) bond motifs is 9. The zero-order chi connectivity index (χ0) is 39.9. The van der Waals surface area contributed by atoms with Crippen LogP contribution in [0, 0.1) is 10.1 Å². The number of benzene rings is 4. The molecule has 55 heavy (non-hydrogen) atoms. The van der Waals surface area contributed by atoms with Crippen LogP contribution in [0.1, 0.15) is 49.1 Å². The summed E-state index contributed by atoms with van der Waals surface area (Å²) in [5.41, 5.74) is 1.78. The van der Waals surface area contributed by atoms with Crippen LogP contribution in [0.25, 0.3) is 11.1 Å². The van der Waals surface area contributed by atoms with E-state index in [1.165, 1.54) is 33.5 Å². The zero-order valence-corrected chi connectivity index (χ0v) is 31.4. The molecule has 15 nitrogen and oxygen atoms in total. The van der Waals surface area contributed by atoms with E-state index in [2.05, 4.69) is 16.0 Å². The van der Waals surface area contributed by atoms with Gasteiger partial charge in [0.1, 0.15) is 34.6 Å². The molecule has 2 aliphatic rings. The number of nitrogens with one attached hydrogen (secondary N) is 3. The minimum Gasteiger partial charge on any atom is -0.497 e. The van der Waals surface area contributed by atoms with Gasteiger partial charge in [-0.2, -0.15) is 0 Å². The second-order valence-electron chi connectivity index (χ2n) is 13.7. The third kappa shape index (κ3) is 10.00. The molecule has 4 aromatic carbocycles. The Bertz CT molecular complexity index is 2080. The number of methoxy groups -OCH3 is 3. The van der Waals surface area contributed by atoms with Crippen molar-refractivity contribution in [1.29, 1.82) is 0 Å². The number of aliphatic hydroxyl groups is 1. The van der Waals surface area contributed by atoms with Crippen molar-refractivity contribution in [2.45, 2.75) is 57.8 Å². The standard InChI is InChI=1S/C40H44N4O11/c1-40(2,3)55-39(48)43-30-15-24-10-12-34(32(16-24)44(49)50)54-27-9-7-8-23(14-27)17-36(46)42-31(22-45)25-11-13-33(52-5)29(19-25)37-26(21-41-38(30)47)18-28(51-4)20-35(37)53-6/h7-14,16,18-20,30-31,45H,15,17,21-22H2,1-6H3,(H,41,47)(H,42,46)(H,43,48)/t30-,31+/m1/s1. The highest BCUT2D eigenvalue weighted by Gasteiger charge is 2.28. The molecule has 6 rings (SSSR count). The lowest BCUT2D eigenvalue weighted by molar-refractivity contribution is -0.385. The molecule has 0 fully saturated rings. The Morgan fingerprint density at radius 3 is 2.40 bits per heavy atom. The fourth-order valence-corrected chi connectivity index (χ4v) is 6.14. The number of hydrogen-bond acceptors (Lipinski definition) is 11. The predicted molar refractivity (Wildman–Crippen MR) is 202 cm³/mol. The largest absolute Gasteiger partial charge is 0.497 e. The number of carbonyl (C=O) groups is 3. The van der Waals surface area contributed by atoms with Crippen LogP contribution in [-0.2, 0) is 33.7 Å². The molecule has 4 aromatic rings. The van der Waals surface area contributed by atoms with Crippen LogP contribution in [0.5, 0.6) is 28.7 Å². The number of rotatable bonds is 6. The summed E-state index contributed by atoms with van der Waals surface area (Å²) >= 11 is 0. The molecule has 4 N–H and O–H groups in total. The molecule has 290 valence electrons. The van der Waals surface area contributed by atoms with E-state index < -0.39 is 47.1 Å². The van der Waals surface area contributed by atoms with Gasteiger partial charge in [0.15, 0.2) is 0 Å². The van der Waals surface area contributed by atoms with Gasteiger partial charge in [-0.25, -0.2) is 4.79 Å². The molecule has 0 aromatic heterocycles. The first kappa shape index (κ1) is 39.8. The monoisotopic (exact) mass is 756 g/mol. The lowest BCUT2D eigenvalue weighted by Gasteiger charge is -2.24.